The highest BCUT2D eigenvalue weighted by atomic mass is 32.1. The Labute approximate surface area is 205 Å². The lowest BCUT2D eigenvalue weighted by molar-refractivity contribution is 0.102. The summed E-state index contributed by atoms with van der Waals surface area (Å²) >= 11 is 1.27. The Bertz CT molecular complexity index is 1390. The first kappa shape index (κ1) is 23.1. The molecule has 4 aromatic heterocycles. The second kappa shape index (κ2) is 9.19. The Kier molecular flexibility index (Phi) is 6.07. The number of hydrogen-bond donors (Lipinski definition) is 1. The zero-order valence-corrected chi connectivity index (χ0v) is 20.6. The van der Waals surface area contributed by atoms with E-state index in [0.717, 1.165) is 18.7 Å². The van der Waals surface area contributed by atoms with Gasteiger partial charge in [-0.1, -0.05) is 6.07 Å². The van der Waals surface area contributed by atoms with Gasteiger partial charge >= 0.3 is 0 Å². The molecule has 10 nitrogen and oxygen atoms in total. The van der Waals surface area contributed by atoms with Crippen molar-refractivity contribution in [3.8, 4) is 22.4 Å². The van der Waals surface area contributed by atoms with E-state index >= 15 is 0 Å². The lowest BCUT2D eigenvalue weighted by Gasteiger charge is -2.10. The molecule has 5 rings (SSSR count). The zero-order valence-electron chi connectivity index (χ0n) is 19.8. The van der Waals surface area contributed by atoms with E-state index in [-0.39, 0.29) is 17.3 Å². The number of carbonyl (C=O) groups excluding carboxylic acids is 1. The number of nitrogens with one attached hydrogen (secondary N) is 1. The number of halogens is 1. The summed E-state index contributed by atoms with van der Waals surface area (Å²) in [7, 11) is 5.18. The van der Waals surface area contributed by atoms with Gasteiger partial charge in [-0.25, -0.2) is 14.1 Å². The lowest BCUT2D eigenvalue weighted by atomic mass is 10.2. The molecule has 1 atom stereocenters. The number of thiophene rings is 1. The van der Waals surface area contributed by atoms with E-state index in [2.05, 4.69) is 37.1 Å². The smallest absolute Gasteiger partial charge is 0.263 e. The van der Waals surface area contributed by atoms with Gasteiger partial charge in [0.25, 0.3) is 5.91 Å². The fourth-order valence-corrected chi connectivity index (χ4v) is 5.17. The molecule has 0 spiro atoms. The maximum Gasteiger partial charge on any atom is 0.263 e. The SMILES string of the molecule is COc1nn(-c2cc(F)c(CN(C)C)s2)cc1C(=O)Nc1cccc(-c2nnc3n2[C@@H](C)CC3)n1. The first-order valence-electron chi connectivity index (χ1n) is 11.1. The number of ether oxygens (including phenoxy) is 1. The van der Waals surface area contributed by atoms with Crippen molar-refractivity contribution in [1.82, 2.24) is 34.4 Å². The number of pyridine rings is 1. The number of fused-ring (bicyclic) bond motifs is 1. The highest BCUT2D eigenvalue weighted by Crippen LogP contribution is 2.31. The second-order valence-electron chi connectivity index (χ2n) is 8.65. The Morgan fingerprint density at radius 2 is 2.17 bits per heavy atom. The Morgan fingerprint density at radius 3 is 2.94 bits per heavy atom. The predicted molar refractivity (Wildman–Crippen MR) is 130 cm³/mol. The number of amides is 1. The molecule has 0 aromatic carbocycles. The molecule has 1 amide bonds. The number of anilines is 1. The molecule has 12 heteroatoms. The van der Waals surface area contributed by atoms with Crippen LogP contribution in [0.15, 0.2) is 30.5 Å². The first-order chi connectivity index (χ1) is 16.8. The molecule has 0 unspecified atom stereocenters. The summed E-state index contributed by atoms with van der Waals surface area (Å²) in [6.07, 6.45) is 3.43. The number of rotatable bonds is 7. The van der Waals surface area contributed by atoms with Crippen LogP contribution < -0.4 is 10.1 Å². The molecular weight excluding hydrogens is 471 g/mol. The molecular formula is C23H25FN8O2S. The van der Waals surface area contributed by atoms with E-state index in [9.17, 15) is 9.18 Å². The molecule has 1 aliphatic heterocycles. The minimum Gasteiger partial charge on any atom is -0.479 e. The van der Waals surface area contributed by atoms with Crippen LogP contribution in [0.1, 0.15) is 40.4 Å². The van der Waals surface area contributed by atoms with Crippen molar-refractivity contribution in [2.75, 3.05) is 26.5 Å². The summed E-state index contributed by atoms with van der Waals surface area (Å²) in [6, 6.07) is 7.05. The number of aromatic nitrogens is 6. The van der Waals surface area contributed by atoms with Gasteiger partial charge in [0.15, 0.2) is 5.82 Å². The summed E-state index contributed by atoms with van der Waals surface area (Å²) in [5.74, 6) is 1.36. The van der Waals surface area contributed by atoms with E-state index in [1.807, 2.05) is 25.1 Å². The largest absolute Gasteiger partial charge is 0.479 e. The van der Waals surface area contributed by atoms with Gasteiger partial charge in [-0.3, -0.25) is 4.79 Å². The summed E-state index contributed by atoms with van der Waals surface area (Å²) in [5.41, 5.74) is 0.833. The van der Waals surface area contributed by atoms with Crippen LogP contribution in [0.5, 0.6) is 5.88 Å². The van der Waals surface area contributed by atoms with Gasteiger partial charge in [-0.05, 0) is 39.6 Å². The van der Waals surface area contributed by atoms with Gasteiger partial charge < -0.3 is 19.5 Å². The molecule has 35 heavy (non-hydrogen) atoms. The summed E-state index contributed by atoms with van der Waals surface area (Å²) in [4.78, 5) is 20.1. The van der Waals surface area contributed by atoms with Gasteiger partial charge in [-0.2, -0.15) is 0 Å². The van der Waals surface area contributed by atoms with Crippen LogP contribution in [0.25, 0.3) is 16.5 Å². The number of hydrogen-bond acceptors (Lipinski definition) is 8. The minimum atomic E-state index is -0.442. The van der Waals surface area contributed by atoms with E-state index in [4.69, 9.17) is 4.74 Å². The summed E-state index contributed by atoms with van der Waals surface area (Å²) in [6.45, 7) is 2.60. The van der Waals surface area contributed by atoms with Crippen LogP contribution >= 0.6 is 11.3 Å². The maximum atomic E-state index is 14.4. The number of nitrogens with zero attached hydrogens (tertiary/aromatic N) is 7. The lowest BCUT2D eigenvalue weighted by Crippen LogP contribution is -2.13. The quantitative estimate of drug-likeness (QED) is 0.417. The van der Waals surface area contributed by atoms with Crippen LogP contribution in [-0.4, -0.2) is 61.5 Å². The van der Waals surface area contributed by atoms with Gasteiger partial charge in [-0.15, -0.1) is 26.6 Å². The van der Waals surface area contributed by atoms with Crippen molar-refractivity contribution in [1.29, 1.82) is 0 Å². The van der Waals surface area contributed by atoms with E-state index < -0.39 is 5.91 Å². The van der Waals surface area contributed by atoms with Crippen molar-refractivity contribution in [3.05, 3.63) is 52.5 Å². The van der Waals surface area contributed by atoms with Gasteiger partial charge in [0.1, 0.15) is 33.7 Å². The molecule has 182 valence electrons. The van der Waals surface area contributed by atoms with Crippen molar-refractivity contribution < 1.29 is 13.9 Å². The van der Waals surface area contributed by atoms with Crippen LogP contribution in [0.4, 0.5) is 10.2 Å². The van der Waals surface area contributed by atoms with E-state index in [1.165, 1.54) is 35.4 Å². The van der Waals surface area contributed by atoms with Gasteiger partial charge in [0.05, 0.1) is 12.0 Å². The Morgan fingerprint density at radius 1 is 1.34 bits per heavy atom. The first-order valence-corrected chi connectivity index (χ1v) is 11.9. The van der Waals surface area contributed by atoms with Crippen molar-refractivity contribution >= 4 is 23.1 Å². The van der Waals surface area contributed by atoms with Crippen molar-refractivity contribution in [2.45, 2.75) is 32.4 Å². The third-order valence-electron chi connectivity index (χ3n) is 5.76. The Hall–Kier alpha value is -3.64. The molecule has 0 saturated carbocycles. The number of carbonyl (C=O) groups is 1. The van der Waals surface area contributed by atoms with Gasteiger partial charge in [0, 0.05) is 31.3 Å². The third kappa shape index (κ3) is 4.42. The van der Waals surface area contributed by atoms with Crippen LogP contribution in [0, 0.1) is 5.82 Å². The second-order valence-corrected chi connectivity index (χ2v) is 9.77. The summed E-state index contributed by atoms with van der Waals surface area (Å²) in [5, 5.41) is 16.2. The normalized spacial score (nSPS) is 15.0. The highest BCUT2D eigenvalue weighted by molar-refractivity contribution is 7.14. The monoisotopic (exact) mass is 496 g/mol. The molecule has 0 radical (unpaired) electrons. The fourth-order valence-electron chi connectivity index (χ4n) is 4.09. The zero-order chi connectivity index (χ0) is 24.7. The topological polar surface area (TPSA) is 103 Å². The average Bonchev–Trinajstić information content (AvgIpc) is 3.59. The number of methoxy groups -OCH3 is 1. The maximum absolute atomic E-state index is 14.4. The molecule has 5 heterocycles. The van der Waals surface area contributed by atoms with Crippen molar-refractivity contribution in [2.24, 2.45) is 0 Å². The molecule has 0 fully saturated rings. The predicted octanol–water partition coefficient (Wildman–Crippen LogP) is 3.56. The standard InChI is InChI=1S/C23H25FN8O2S/c1-13-8-9-19-27-28-21(32(13)19)16-6-5-7-18(25-16)26-22(33)14-11-31(29-23(14)34-4)20-10-15(24)17(35-20)12-30(2)3/h5-7,10-11,13H,8-9,12H2,1-4H3,(H,25,26,33)/t13-/m0/s1. The number of aryl methyl sites for hydroxylation is 1. The molecule has 0 bridgehead atoms. The van der Waals surface area contributed by atoms with Gasteiger partial charge in [0.2, 0.25) is 5.88 Å². The third-order valence-corrected chi connectivity index (χ3v) is 6.85. The summed E-state index contributed by atoms with van der Waals surface area (Å²) < 4.78 is 23.2. The molecule has 4 aromatic rings. The fraction of sp³-hybridized carbons (Fsp3) is 0.348. The Balaban J connectivity index is 1.39. The minimum absolute atomic E-state index is 0.130. The van der Waals surface area contributed by atoms with Crippen LogP contribution in [0.2, 0.25) is 0 Å². The van der Waals surface area contributed by atoms with Crippen molar-refractivity contribution in [3.63, 3.8) is 0 Å². The van der Waals surface area contributed by atoms with E-state index in [1.54, 1.807) is 12.1 Å². The average molecular weight is 497 g/mol. The highest BCUT2D eigenvalue weighted by Gasteiger charge is 2.25. The van der Waals surface area contributed by atoms with E-state index in [0.29, 0.717) is 39.8 Å². The van der Waals surface area contributed by atoms with Crippen LogP contribution in [-0.2, 0) is 13.0 Å². The molecule has 1 aliphatic rings. The molecule has 1 N–H and O–H groups in total. The molecule has 0 saturated heterocycles. The van der Waals surface area contributed by atoms with Crippen LogP contribution in [0.3, 0.4) is 0 Å². The molecule has 0 aliphatic carbocycles.